The summed E-state index contributed by atoms with van der Waals surface area (Å²) in [4.78, 5) is 4.70. The van der Waals surface area contributed by atoms with Crippen LogP contribution in [0.15, 0.2) is 35.3 Å². The van der Waals surface area contributed by atoms with Crippen LogP contribution in [0.3, 0.4) is 0 Å². The molecular weight excluding hydrogens is 292 g/mol. The van der Waals surface area contributed by atoms with E-state index in [9.17, 15) is 0 Å². The Morgan fingerprint density at radius 1 is 1.04 bits per heavy atom. The molecular formula is C22H30N2. The van der Waals surface area contributed by atoms with Crippen molar-refractivity contribution >= 4 is 11.9 Å². The molecule has 2 aromatic rings. The van der Waals surface area contributed by atoms with Crippen LogP contribution < -0.4 is 0 Å². The zero-order valence-electron chi connectivity index (χ0n) is 15.5. The van der Waals surface area contributed by atoms with Gasteiger partial charge in [0.2, 0.25) is 0 Å². The largest absolute Gasteiger partial charge is 0.345 e. The van der Waals surface area contributed by atoms with Crippen LogP contribution >= 0.6 is 0 Å². The molecule has 2 nitrogen and oxygen atoms in total. The predicted molar refractivity (Wildman–Crippen MR) is 104 cm³/mol. The molecule has 1 aliphatic rings. The smallest absolute Gasteiger partial charge is 0.0630 e. The van der Waals surface area contributed by atoms with Gasteiger partial charge in [0.1, 0.15) is 0 Å². The van der Waals surface area contributed by atoms with Crippen LogP contribution in [0.25, 0.3) is 0 Å². The third-order valence-corrected chi connectivity index (χ3v) is 5.38. The molecule has 2 heteroatoms. The molecule has 0 N–H and O–H groups in total. The zero-order valence-corrected chi connectivity index (χ0v) is 15.5. The first-order valence-corrected chi connectivity index (χ1v) is 9.38. The van der Waals surface area contributed by atoms with Gasteiger partial charge >= 0.3 is 0 Å². The monoisotopic (exact) mass is 322 g/mol. The summed E-state index contributed by atoms with van der Waals surface area (Å²) in [5.41, 5.74) is 6.38. The number of hydrogen-bond donors (Lipinski definition) is 0. The fraction of sp³-hybridized carbons (Fsp3) is 0.500. The van der Waals surface area contributed by atoms with E-state index in [1.54, 1.807) is 0 Å². The minimum absolute atomic E-state index is 0.567. The lowest BCUT2D eigenvalue weighted by molar-refractivity contribution is 0.346. The quantitative estimate of drug-likeness (QED) is 0.573. The van der Waals surface area contributed by atoms with Gasteiger partial charge in [-0.2, -0.15) is 0 Å². The average molecular weight is 322 g/mol. The summed E-state index contributed by atoms with van der Waals surface area (Å²) < 4.78 is 2.54. The van der Waals surface area contributed by atoms with Crippen molar-refractivity contribution in [2.45, 2.75) is 71.8 Å². The maximum absolute atomic E-state index is 4.70. The Morgan fingerprint density at radius 2 is 1.71 bits per heavy atom. The van der Waals surface area contributed by atoms with Crippen molar-refractivity contribution in [3.63, 3.8) is 0 Å². The second-order valence-electron chi connectivity index (χ2n) is 7.49. The van der Waals surface area contributed by atoms with E-state index >= 15 is 0 Å². The standard InChI is InChI=1S/C22H30N2/c1-16(2)19-10-12-21(13-11-19)23-15-20-14-17(3)24(18(20)4)22-8-6-5-7-9-22/h10-16,22H,5-9H2,1-4H3. The fourth-order valence-electron chi connectivity index (χ4n) is 3.92. The highest BCUT2D eigenvalue weighted by Gasteiger charge is 2.19. The number of aliphatic imine (C=N–C) groups is 1. The average Bonchev–Trinajstić information content (AvgIpc) is 2.88. The van der Waals surface area contributed by atoms with E-state index < -0.39 is 0 Å². The first-order chi connectivity index (χ1) is 11.6. The molecule has 0 aliphatic heterocycles. The minimum Gasteiger partial charge on any atom is -0.345 e. The van der Waals surface area contributed by atoms with Crippen LogP contribution in [0.5, 0.6) is 0 Å². The lowest BCUT2D eigenvalue weighted by atomic mass is 9.95. The van der Waals surface area contributed by atoms with Crippen molar-refractivity contribution in [3.05, 3.63) is 52.8 Å². The van der Waals surface area contributed by atoms with Gasteiger partial charge in [-0.3, -0.25) is 4.99 Å². The van der Waals surface area contributed by atoms with Crippen molar-refractivity contribution in [1.82, 2.24) is 4.57 Å². The van der Waals surface area contributed by atoms with Crippen LogP contribution in [0.1, 0.15) is 80.4 Å². The molecule has 0 saturated heterocycles. The predicted octanol–water partition coefficient (Wildman–Crippen LogP) is 6.48. The Morgan fingerprint density at radius 3 is 2.33 bits per heavy atom. The van der Waals surface area contributed by atoms with Crippen LogP contribution in [0, 0.1) is 13.8 Å². The Balaban J connectivity index is 1.79. The van der Waals surface area contributed by atoms with E-state index in [1.165, 1.54) is 54.6 Å². The van der Waals surface area contributed by atoms with Gasteiger partial charge in [0, 0.05) is 29.2 Å². The lowest BCUT2D eigenvalue weighted by Crippen LogP contribution is -2.15. The van der Waals surface area contributed by atoms with Crippen LogP contribution in [-0.2, 0) is 0 Å². The summed E-state index contributed by atoms with van der Waals surface area (Å²) in [7, 11) is 0. The third kappa shape index (κ3) is 3.63. The van der Waals surface area contributed by atoms with E-state index in [0.29, 0.717) is 12.0 Å². The number of benzene rings is 1. The molecule has 1 saturated carbocycles. The Bertz CT molecular complexity index is 698. The Kier molecular flexibility index (Phi) is 5.23. The van der Waals surface area contributed by atoms with Gasteiger partial charge in [-0.15, -0.1) is 0 Å². The second-order valence-corrected chi connectivity index (χ2v) is 7.49. The highest BCUT2D eigenvalue weighted by Crippen LogP contribution is 2.32. The molecule has 0 unspecified atom stereocenters. The molecule has 1 aromatic heterocycles. The maximum Gasteiger partial charge on any atom is 0.0630 e. The summed E-state index contributed by atoms with van der Waals surface area (Å²) in [5, 5.41) is 0. The summed E-state index contributed by atoms with van der Waals surface area (Å²) in [5.74, 6) is 0.567. The van der Waals surface area contributed by atoms with E-state index in [4.69, 9.17) is 4.99 Å². The third-order valence-electron chi connectivity index (χ3n) is 5.38. The van der Waals surface area contributed by atoms with Gasteiger partial charge in [0.05, 0.1) is 5.69 Å². The molecule has 3 rings (SSSR count). The molecule has 24 heavy (non-hydrogen) atoms. The summed E-state index contributed by atoms with van der Waals surface area (Å²) >= 11 is 0. The van der Waals surface area contributed by atoms with Crippen molar-refractivity contribution in [1.29, 1.82) is 0 Å². The van der Waals surface area contributed by atoms with E-state index in [0.717, 1.165) is 5.69 Å². The number of hydrogen-bond acceptors (Lipinski definition) is 1. The summed E-state index contributed by atoms with van der Waals surface area (Å²) in [6, 6.07) is 11.6. The molecule has 1 aromatic carbocycles. The summed E-state index contributed by atoms with van der Waals surface area (Å²) in [6.45, 7) is 8.91. The van der Waals surface area contributed by atoms with Crippen LogP contribution in [0.2, 0.25) is 0 Å². The van der Waals surface area contributed by atoms with Crippen LogP contribution in [-0.4, -0.2) is 10.8 Å². The summed E-state index contributed by atoms with van der Waals surface area (Å²) in [6.07, 6.45) is 8.82. The molecule has 0 spiro atoms. The fourth-order valence-corrected chi connectivity index (χ4v) is 3.92. The van der Waals surface area contributed by atoms with Crippen molar-refractivity contribution in [2.75, 3.05) is 0 Å². The number of aryl methyl sites for hydroxylation is 1. The SMILES string of the molecule is Cc1cc(C=Nc2ccc(C(C)C)cc2)c(C)n1C1CCCCC1. The first kappa shape index (κ1) is 17.0. The van der Waals surface area contributed by atoms with Gasteiger partial charge in [-0.25, -0.2) is 0 Å². The highest BCUT2D eigenvalue weighted by molar-refractivity contribution is 5.83. The molecule has 1 heterocycles. The van der Waals surface area contributed by atoms with Gasteiger partial charge in [-0.1, -0.05) is 45.2 Å². The van der Waals surface area contributed by atoms with Crippen molar-refractivity contribution < 1.29 is 0 Å². The molecule has 0 bridgehead atoms. The minimum atomic E-state index is 0.567. The molecule has 0 amide bonds. The molecule has 0 radical (unpaired) electrons. The second kappa shape index (κ2) is 7.38. The van der Waals surface area contributed by atoms with Gasteiger partial charge in [0.15, 0.2) is 0 Å². The van der Waals surface area contributed by atoms with Crippen molar-refractivity contribution in [3.8, 4) is 0 Å². The molecule has 0 atom stereocenters. The zero-order chi connectivity index (χ0) is 17.1. The van der Waals surface area contributed by atoms with E-state index in [1.807, 2.05) is 6.21 Å². The van der Waals surface area contributed by atoms with Gasteiger partial charge in [0.25, 0.3) is 0 Å². The number of aromatic nitrogens is 1. The van der Waals surface area contributed by atoms with Gasteiger partial charge in [-0.05, 0) is 56.4 Å². The molecule has 128 valence electrons. The Labute approximate surface area is 146 Å². The van der Waals surface area contributed by atoms with Crippen molar-refractivity contribution in [2.24, 2.45) is 4.99 Å². The normalized spacial score (nSPS) is 16.4. The molecule has 1 fully saturated rings. The lowest BCUT2D eigenvalue weighted by Gasteiger charge is -2.26. The molecule has 1 aliphatic carbocycles. The first-order valence-electron chi connectivity index (χ1n) is 9.38. The van der Waals surface area contributed by atoms with Crippen LogP contribution in [0.4, 0.5) is 5.69 Å². The Hall–Kier alpha value is -1.83. The topological polar surface area (TPSA) is 17.3 Å². The van der Waals surface area contributed by atoms with E-state index in [2.05, 4.69) is 62.6 Å². The number of nitrogens with zero attached hydrogens (tertiary/aromatic N) is 2. The highest BCUT2D eigenvalue weighted by atomic mass is 15.0. The number of rotatable bonds is 4. The van der Waals surface area contributed by atoms with Gasteiger partial charge < -0.3 is 4.57 Å². The maximum atomic E-state index is 4.70. The van der Waals surface area contributed by atoms with E-state index in [-0.39, 0.29) is 0 Å².